The zero-order valence-corrected chi connectivity index (χ0v) is 23.1. The fourth-order valence-electron chi connectivity index (χ4n) is 4.03. The number of aromatic nitrogens is 1. The molecule has 0 amide bonds. The summed E-state index contributed by atoms with van der Waals surface area (Å²) in [4.78, 5) is 4.08. The van der Waals surface area contributed by atoms with Crippen LogP contribution in [0.1, 0.15) is 54.5 Å². The maximum absolute atomic E-state index is 13.0. The van der Waals surface area contributed by atoms with E-state index in [2.05, 4.69) is 11.9 Å². The molecule has 38 heavy (non-hydrogen) atoms. The monoisotopic (exact) mass is 553 g/mol. The standard InChI is InChI=1S/C18H22FNO.C14H12Cl2O/c1-2-3-5-15(12-14-7-9-17(19)10-8-14)18(21)16-6-4-11-20-13-16;15-13-5-1-11(2-6-13)9-17-10-12-3-7-14(16)8-4-12/h4,6-11,13,15,18,21H,2-3,5,12H2,1H3;1-8H,9-10H2. The van der Waals surface area contributed by atoms with Crippen molar-refractivity contribution in [3.63, 3.8) is 0 Å². The van der Waals surface area contributed by atoms with Gasteiger partial charge in [0.2, 0.25) is 0 Å². The average molecular weight is 555 g/mol. The minimum atomic E-state index is -0.532. The van der Waals surface area contributed by atoms with Crippen LogP contribution in [0.15, 0.2) is 97.3 Å². The van der Waals surface area contributed by atoms with Crippen LogP contribution >= 0.6 is 23.2 Å². The molecule has 4 rings (SSSR count). The molecule has 0 fully saturated rings. The fourth-order valence-corrected chi connectivity index (χ4v) is 4.28. The van der Waals surface area contributed by atoms with Gasteiger partial charge in [0.1, 0.15) is 5.82 Å². The SMILES string of the molecule is CCCCC(Cc1ccc(F)cc1)C(O)c1cccnc1.Clc1ccc(COCc2ccc(Cl)cc2)cc1. The van der Waals surface area contributed by atoms with Gasteiger partial charge in [0.05, 0.1) is 19.3 Å². The molecule has 2 unspecified atom stereocenters. The zero-order chi connectivity index (χ0) is 27.2. The summed E-state index contributed by atoms with van der Waals surface area (Å²) in [5.74, 6) is -0.101. The van der Waals surface area contributed by atoms with E-state index in [4.69, 9.17) is 27.9 Å². The molecule has 200 valence electrons. The van der Waals surface area contributed by atoms with Gasteiger partial charge in [0.25, 0.3) is 0 Å². The highest BCUT2D eigenvalue weighted by molar-refractivity contribution is 6.30. The van der Waals surface area contributed by atoms with Gasteiger partial charge in [0, 0.05) is 22.4 Å². The predicted octanol–water partition coefficient (Wildman–Crippen LogP) is 9.01. The molecule has 0 saturated heterocycles. The summed E-state index contributed by atoms with van der Waals surface area (Å²) in [6, 6.07) is 25.6. The number of benzene rings is 3. The summed E-state index contributed by atoms with van der Waals surface area (Å²) < 4.78 is 18.6. The molecule has 4 aromatic rings. The van der Waals surface area contributed by atoms with Crippen LogP contribution in [0.4, 0.5) is 4.39 Å². The molecule has 2 atom stereocenters. The lowest BCUT2D eigenvalue weighted by atomic mass is 9.86. The molecule has 1 heterocycles. The van der Waals surface area contributed by atoms with E-state index in [0.717, 1.165) is 58.0 Å². The Bertz CT molecular complexity index is 1140. The van der Waals surface area contributed by atoms with Crippen molar-refractivity contribution in [3.05, 3.63) is 135 Å². The van der Waals surface area contributed by atoms with E-state index in [1.54, 1.807) is 24.5 Å². The topological polar surface area (TPSA) is 42.4 Å². The maximum Gasteiger partial charge on any atom is 0.123 e. The van der Waals surface area contributed by atoms with Gasteiger partial charge in [-0.3, -0.25) is 4.98 Å². The van der Waals surface area contributed by atoms with Crippen molar-refractivity contribution in [1.29, 1.82) is 0 Å². The highest BCUT2D eigenvalue weighted by Gasteiger charge is 2.21. The van der Waals surface area contributed by atoms with Crippen LogP contribution in [0.2, 0.25) is 10.0 Å². The van der Waals surface area contributed by atoms with Crippen LogP contribution in [-0.2, 0) is 24.4 Å². The molecule has 0 aliphatic rings. The first-order valence-corrected chi connectivity index (χ1v) is 13.6. The normalized spacial score (nSPS) is 12.3. The lowest BCUT2D eigenvalue weighted by Gasteiger charge is -2.23. The van der Waals surface area contributed by atoms with Crippen LogP contribution in [0.25, 0.3) is 0 Å². The molecule has 1 N–H and O–H groups in total. The van der Waals surface area contributed by atoms with E-state index in [1.807, 2.05) is 60.7 Å². The minimum Gasteiger partial charge on any atom is -0.388 e. The highest BCUT2D eigenvalue weighted by atomic mass is 35.5. The third-order valence-electron chi connectivity index (χ3n) is 6.18. The molecule has 0 saturated carbocycles. The minimum absolute atomic E-state index is 0.125. The van der Waals surface area contributed by atoms with Crippen molar-refractivity contribution < 1.29 is 14.2 Å². The summed E-state index contributed by atoms with van der Waals surface area (Å²) >= 11 is 11.6. The number of hydrogen-bond acceptors (Lipinski definition) is 3. The van der Waals surface area contributed by atoms with Gasteiger partial charge in [-0.2, -0.15) is 0 Å². The lowest BCUT2D eigenvalue weighted by Crippen LogP contribution is -2.16. The smallest absolute Gasteiger partial charge is 0.123 e. The molecule has 3 aromatic carbocycles. The van der Waals surface area contributed by atoms with Crippen molar-refractivity contribution in [3.8, 4) is 0 Å². The van der Waals surface area contributed by atoms with E-state index < -0.39 is 6.10 Å². The summed E-state index contributed by atoms with van der Waals surface area (Å²) in [6.45, 7) is 3.31. The Hall–Kier alpha value is -2.76. The number of aliphatic hydroxyl groups excluding tert-OH is 1. The van der Waals surface area contributed by atoms with E-state index >= 15 is 0 Å². The van der Waals surface area contributed by atoms with Gasteiger partial charge in [-0.05, 0) is 83.5 Å². The first kappa shape index (κ1) is 29.8. The second-order valence-corrected chi connectivity index (χ2v) is 10.1. The largest absolute Gasteiger partial charge is 0.388 e. The molecule has 0 aliphatic heterocycles. The fraction of sp³-hybridized carbons (Fsp3) is 0.281. The Labute approximate surface area is 235 Å². The summed E-state index contributed by atoms with van der Waals surface area (Å²) in [7, 11) is 0. The van der Waals surface area contributed by atoms with E-state index in [9.17, 15) is 9.50 Å². The molecule has 1 aromatic heterocycles. The number of rotatable bonds is 11. The average Bonchev–Trinajstić information content (AvgIpc) is 2.95. The van der Waals surface area contributed by atoms with Gasteiger partial charge in [-0.15, -0.1) is 0 Å². The zero-order valence-electron chi connectivity index (χ0n) is 21.6. The van der Waals surface area contributed by atoms with Gasteiger partial charge < -0.3 is 9.84 Å². The van der Waals surface area contributed by atoms with Gasteiger partial charge >= 0.3 is 0 Å². The summed E-state index contributed by atoms with van der Waals surface area (Å²) in [5, 5.41) is 12.1. The van der Waals surface area contributed by atoms with Gasteiger partial charge in [0.15, 0.2) is 0 Å². The van der Waals surface area contributed by atoms with Crippen molar-refractivity contribution in [2.75, 3.05) is 0 Å². The molecule has 0 radical (unpaired) electrons. The molecule has 0 bridgehead atoms. The first-order chi connectivity index (χ1) is 18.4. The second-order valence-electron chi connectivity index (χ2n) is 9.21. The van der Waals surface area contributed by atoms with Crippen LogP contribution in [0.3, 0.4) is 0 Å². The third kappa shape index (κ3) is 10.5. The number of aliphatic hydroxyl groups is 1. The van der Waals surface area contributed by atoms with E-state index in [1.165, 1.54) is 12.1 Å². The third-order valence-corrected chi connectivity index (χ3v) is 6.68. The summed E-state index contributed by atoms with van der Waals surface area (Å²) in [5.41, 5.74) is 4.13. The van der Waals surface area contributed by atoms with Crippen LogP contribution in [0.5, 0.6) is 0 Å². The number of hydrogen-bond donors (Lipinski definition) is 1. The molecule has 0 spiro atoms. The van der Waals surface area contributed by atoms with Crippen LogP contribution < -0.4 is 0 Å². The Balaban J connectivity index is 0.000000215. The van der Waals surface area contributed by atoms with Crippen LogP contribution in [0, 0.1) is 11.7 Å². The van der Waals surface area contributed by atoms with Gasteiger partial charge in [-0.1, -0.05) is 85.4 Å². The number of pyridine rings is 1. The maximum atomic E-state index is 13.0. The molecule has 6 heteroatoms. The number of ether oxygens (including phenoxy) is 1. The van der Waals surface area contributed by atoms with E-state index in [-0.39, 0.29) is 11.7 Å². The molecular weight excluding hydrogens is 520 g/mol. The van der Waals surface area contributed by atoms with Crippen molar-refractivity contribution >= 4 is 23.2 Å². The quantitative estimate of drug-likeness (QED) is 0.201. The van der Waals surface area contributed by atoms with E-state index in [0.29, 0.717) is 13.2 Å². The summed E-state index contributed by atoms with van der Waals surface area (Å²) in [6.07, 6.45) is 6.75. The van der Waals surface area contributed by atoms with Crippen molar-refractivity contribution in [2.24, 2.45) is 5.92 Å². The number of halogens is 3. The molecule has 0 aliphatic carbocycles. The second kappa shape index (κ2) is 16.3. The Morgan fingerprint density at radius 3 is 1.87 bits per heavy atom. The predicted molar refractivity (Wildman–Crippen MR) is 154 cm³/mol. The first-order valence-electron chi connectivity index (χ1n) is 12.8. The van der Waals surface area contributed by atoms with Crippen molar-refractivity contribution in [2.45, 2.75) is 51.9 Å². The Kier molecular flexibility index (Phi) is 12.7. The lowest BCUT2D eigenvalue weighted by molar-refractivity contribution is 0.101. The number of unbranched alkanes of at least 4 members (excludes halogenated alkanes) is 1. The molecular formula is C32H34Cl2FNO2. The highest BCUT2D eigenvalue weighted by Crippen LogP contribution is 2.29. The van der Waals surface area contributed by atoms with Crippen molar-refractivity contribution in [1.82, 2.24) is 4.98 Å². The van der Waals surface area contributed by atoms with Gasteiger partial charge in [-0.25, -0.2) is 4.39 Å². The number of nitrogens with zero attached hydrogens (tertiary/aromatic N) is 1. The molecule has 3 nitrogen and oxygen atoms in total. The Morgan fingerprint density at radius 2 is 1.37 bits per heavy atom. The Morgan fingerprint density at radius 1 is 0.816 bits per heavy atom. The van der Waals surface area contributed by atoms with Crippen LogP contribution in [-0.4, -0.2) is 10.1 Å².